The number of nitrogens with zero attached hydrogens (tertiary/aromatic N) is 2. The molecular formula is C19H22BrN3O2. The molecule has 1 aromatic carbocycles. The van der Waals surface area contributed by atoms with E-state index in [1.807, 2.05) is 30.3 Å². The lowest BCUT2D eigenvalue weighted by atomic mass is 9.88. The third-order valence-electron chi connectivity index (χ3n) is 4.75. The maximum atomic E-state index is 12.1. The van der Waals surface area contributed by atoms with Crippen LogP contribution in [0.25, 0.3) is 0 Å². The first-order valence-electron chi connectivity index (χ1n) is 8.33. The molecule has 0 unspecified atom stereocenters. The highest BCUT2D eigenvalue weighted by atomic mass is 79.9. The summed E-state index contributed by atoms with van der Waals surface area (Å²) in [7, 11) is 3.85. The molecule has 1 aliphatic rings. The van der Waals surface area contributed by atoms with E-state index in [-0.39, 0.29) is 11.6 Å². The van der Waals surface area contributed by atoms with Crippen LogP contribution in [0.2, 0.25) is 0 Å². The van der Waals surface area contributed by atoms with Gasteiger partial charge in [0.1, 0.15) is 10.8 Å². The van der Waals surface area contributed by atoms with Crippen molar-refractivity contribution in [2.75, 3.05) is 25.5 Å². The number of hydrogen-bond donors (Lipinski definition) is 1. The second-order valence-corrected chi connectivity index (χ2v) is 7.53. The number of carbonyl (C=O) groups is 1. The van der Waals surface area contributed by atoms with Crippen LogP contribution in [0.4, 0.5) is 5.69 Å². The molecule has 1 fully saturated rings. The molecule has 0 bridgehead atoms. The summed E-state index contributed by atoms with van der Waals surface area (Å²) >= 11 is 3.41. The summed E-state index contributed by atoms with van der Waals surface area (Å²) in [5.74, 6) is 0.391. The van der Waals surface area contributed by atoms with Gasteiger partial charge in [-0.3, -0.25) is 9.59 Å². The van der Waals surface area contributed by atoms with Crippen molar-refractivity contribution in [1.82, 2.24) is 9.47 Å². The number of aryl methyl sites for hydroxylation is 1. The third-order valence-corrected chi connectivity index (χ3v) is 5.51. The van der Waals surface area contributed by atoms with E-state index in [1.165, 1.54) is 5.56 Å². The van der Waals surface area contributed by atoms with Crippen LogP contribution in [0.3, 0.4) is 0 Å². The number of halogens is 1. The number of carbonyl (C=O) groups excluding carboxylic acids is 1. The number of pyridine rings is 1. The van der Waals surface area contributed by atoms with Crippen molar-refractivity contribution in [2.45, 2.75) is 18.4 Å². The summed E-state index contributed by atoms with van der Waals surface area (Å²) in [6.07, 6.45) is 3.62. The number of rotatable bonds is 4. The Morgan fingerprint density at radius 3 is 2.56 bits per heavy atom. The van der Waals surface area contributed by atoms with Crippen molar-refractivity contribution in [2.24, 2.45) is 7.05 Å². The minimum atomic E-state index is -0.0461. The van der Waals surface area contributed by atoms with Gasteiger partial charge >= 0.3 is 0 Å². The summed E-state index contributed by atoms with van der Waals surface area (Å²) in [4.78, 5) is 25.2. The van der Waals surface area contributed by atoms with Gasteiger partial charge in [0.15, 0.2) is 0 Å². The lowest BCUT2D eigenvalue weighted by Crippen LogP contribution is -2.43. The summed E-state index contributed by atoms with van der Waals surface area (Å²) < 4.78 is 2.12. The Labute approximate surface area is 155 Å². The van der Waals surface area contributed by atoms with Gasteiger partial charge in [0.05, 0.1) is 5.69 Å². The van der Waals surface area contributed by atoms with Crippen LogP contribution < -0.4 is 10.9 Å². The van der Waals surface area contributed by atoms with Gasteiger partial charge in [-0.15, -0.1) is 0 Å². The van der Waals surface area contributed by atoms with Crippen molar-refractivity contribution in [3.05, 3.63) is 62.5 Å². The van der Waals surface area contributed by atoms with Crippen LogP contribution in [-0.4, -0.2) is 41.9 Å². The molecule has 6 heteroatoms. The number of piperidine rings is 1. The van der Waals surface area contributed by atoms with E-state index in [9.17, 15) is 9.59 Å². The van der Waals surface area contributed by atoms with Gasteiger partial charge in [0, 0.05) is 37.9 Å². The monoisotopic (exact) mass is 403 g/mol. The molecule has 2 heterocycles. The zero-order chi connectivity index (χ0) is 18.0. The van der Waals surface area contributed by atoms with E-state index in [1.54, 1.807) is 17.8 Å². The second-order valence-electron chi connectivity index (χ2n) is 6.74. The van der Waals surface area contributed by atoms with Crippen molar-refractivity contribution in [3.8, 4) is 0 Å². The highest BCUT2D eigenvalue weighted by Gasteiger charge is 2.27. The van der Waals surface area contributed by atoms with Gasteiger partial charge in [-0.25, -0.2) is 0 Å². The van der Waals surface area contributed by atoms with Gasteiger partial charge in [0.2, 0.25) is 0 Å². The Balaban J connectivity index is 1.77. The van der Waals surface area contributed by atoms with Crippen molar-refractivity contribution in [1.29, 1.82) is 0 Å². The Morgan fingerprint density at radius 1 is 1.16 bits per heavy atom. The zero-order valence-electron chi connectivity index (χ0n) is 14.4. The molecule has 1 aliphatic heterocycles. The van der Waals surface area contributed by atoms with E-state index in [2.05, 4.69) is 33.2 Å². The van der Waals surface area contributed by atoms with Gasteiger partial charge in [-0.1, -0.05) is 24.3 Å². The predicted octanol–water partition coefficient (Wildman–Crippen LogP) is 2.86. The lowest BCUT2D eigenvalue weighted by molar-refractivity contribution is 0.112. The van der Waals surface area contributed by atoms with Gasteiger partial charge < -0.3 is 14.8 Å². The van der Waals surface area contributed by atoms with Crippen molar-refractivity contribution >= 4 is 27.9 Å². The van der Waals surface area contributed by atoms with E-state index >= 15 is 0 Å². The molecule has 132 valence electrons. The summed E-state index contributed by atoms with van der Waals surface area (Å²) in [5, 5.41) is 3.51. The first-order valence-corrected chi connectivity index (χ1v) is 9.12. The van der Waals surface area contributed by atoms with Crippen LogP contribution in [-0.2, 0) is 7.05 Å². The molecule has 3 rings (SSSR count). The minimum Gasteiger partial charge on any atom is -0.380 e. The predicted molar refractivity (Wildman–Crippen MR) is 103 cm³/mol. The first kappa shape index (κ1) is 17.9. The maximum absolute atomic E-state index is 12.1. The van der Waals surface area contributed by atoms with Crippen molar-refractivity contribution < 1.29 is 4.79 Å². The quantitative estimate of drug-likeness (QED) is 0.797. The Hall–Kier alpha value is -1.92. The largest absolute Gasteiger partial charge is 0.380 e. The average molecular weight is 404 g/mol. The summed E-state index contributed by atoms with van der Waals surface area (Å²) in [6.45, 7) is 1.90. The molecule has 2 aromatic rings. The summed E-state index contributed by atoms with van der Waals surface area (Å²) in [6, 6.07) is 10.00. The molecule has 0 aliphatic carbocycles. The molecule has 1 N–H and O–H groups in total. The fourth-order valence-corrected chi connectivity index (χ4v) is 3.97. The van der Waals surface area contributed by atoms with Gasteiger partial charge in [-0.05, 0) is 46.9 Å². The molecule has 25 heavy (non-hydrogen) atoms. The molecule has 1 saturated heterocycles. The number of anilines is 1. The number of aromatic nitrogens is 1. The second kappa shape index (κ2) is 7.54. The van der Waals surface area contributed by atoms with Crippen LogP contribution in [0.1, 0.15) is 28.3 Å². The van der Waals surface area contributed by atoms with E-state index < -0.39 is 0 Å². The number of aldehydes is 1. The first-order chi connectivity index (χ1) is 12.0. The molecule has 2 atom stereocenters. The number of likely N-dealkylation sites (tertiary alicyclic amines) is 1. The van der Waals surface area contributed by atoms with Gasteiger partial charge in [-0.2, -0.15) is 0 Å². The topological polar surface area (TPSA) is 54.3 Å². The fraction of sp³-hybridized carbons (Fsp3) is 0.368. The average Bonchev–Trinajstić information content (AvgIpc) is 2.62. The molecule has 1 aromatic heterocycles. The standard InChI is InChI=1S/C19H22BrN3O2/c1-22-10-15(14-5-3-13(12-24)4-6-14)9-16(11-22)21-17-7-8-23(2)19(25)18(17)20/h3-8,12,15-16,21H,9-11H2,1-2H3/t15-,16+/m0/s1. The molecular weight excluding hydrogens is 382 g/mol. The van der Waals surface area contributed by atoms with Crippen LogP contribution in [0.15, 0.2) is 45.8 Å². The molecule has 0 spiro atoms. The smallest absolute Gasteiger partial charge is 0.266 e. The van der Waals surface area contributed by atoms with Gasteiger partial charge in [0.25, 0.3) is 5.56 Å². The Bertz CT molecular complexity index is 816. The zero-order valence-corrected chi connectivity index (χ0v) is 16.0. The SMILES string of the molecule is CN1C[C@H](Nc2ccn(C)c(=O)c2Br)C[C@H](c2ccc(C=O)cc2)C1. The number of likely N-dealkylation sites (N-methyl/N-ethyl adjacent to an activating group) is 1. The molecule has 0 radical (unpaired) electrons. The maximum Gasteiger partial charge on any atom is 0.266 e. The third kappa shape index (κ3) is 4.02. The Kier molecular flexibility index (Phi) is 5.39. The minimum absolute atomic E-state index is 0.0461. The number of hydrogen-bond acceptors (Lipinski definition) is 4. The number of nitrogens with one attached hydrogen (secondary N) is 1. The molecule has 0 amide bonds. The molecule has 5 nitrogen and oxygen atoms in total. The van der Waals surface area contributed by atoms with E-state index in [0.717, 1.165) is 31.5 Å². The highest BCUT2D eigenvalue weighted by Crippen LogP contribution is 2.29. The van der Waals surface area contributed by atoms with E-state index in [4.69, 9.17) is 0 Å². The normalized spacial score (nSPS) is 21.1. The van der Waals surface area contributed by atoms with Crippen LogP contribution in [0.5, 0.6) is 0 Å². The Morgan fingerprint density at radius 2 is 1.88 bits per heavy atom. The van der Waals surface area contributed by atoms with Crippen LogP contribution >= 0.6 is 15.9 Å². The lowest BCUT2D eigenvalue weighted by Gasteiger charge is -2.37. The molecule has 0 saturated carbocycles. The van der Waals surface area contributed by atoms with Crippen molar-refractivity contribution in [3.63, 3.8) is 0 Å². The highest BCUT2D eigenvalue weighted by molar-refractivity contribution is 9.10. The fourth-order valence-electron chi connectivity index (χ4n) is 3.44. The summed E-state index contributed by atoms with van der Waals surface area (Å²) in [5.41, 5.74) is 2.73. The van der Waals surface area contributed by atoms with E-state index in [0.29, 0.717) is 16.0 Å². The van der Waals surface area contributed by atoms with Crippen LogP contribution in [0, 0.1) is 0 Å². The number of benzene rings is 1.